The average molecular weight is 416 g/mol. The van der Waals surface area contributed by atoms with Gasteiger partial charge in [-0.15, -0.1) is 0 Å². The largest absolute Gasteiger partial charge is 0.497 e. The summed E-state index contributed by atoms with van der Waals surface area (Å²) in [7, 11) is 4.84. The third-order valence-corrected chi connectivity index (χ3v) is 5.05. The third kappa shape index (κ3) is 4.51. The first-order valence-electron chi connectivity index (χ1n) is 9.06. The van der Waals surface area contributed by atoms with E-state index in [1.165, 1.54) is 11.0 Å². The molecule has 1 N–H and O–H groups in total. The molecule has 7 nitrogen and oxygen atoms in total. The maximum Gasteiger partial charge on any atom is 0.254 e. The Hall–Kier alpha value is -3.06. The molecule has 1 heterocycles. The lowest BCUT2D eigenvalue weighted by Gasteiger charge is -2.17. The smallest absolute Gasteiger partial charge is 0.254 e. The first kappa shape index (κ1) is 20.7. The maximum atomic E-state index is 12.7. The van der Waals surface area contributed by atoms with Gasteiger partial charge in [0, 0.05) is 44.5 Å². The summed E-state index contributed by atoms with van der Waals surface area (Å²) in [5, 5.41) is 3.04. The van der Waals surface area contributed by atoms with Gasteiger partial charge in [0.15, 0.2) is 0 Å². The second-order valence-corrected chi connectivity index (χ2v) is 7.40. The van der Waals surface area contributed by atoms with Crippen LogP contribution in [-0.2, 0) is 9.59 Å². The monoisotopic (exact) mass is 415 g/mol. The summed E-state index contributed by atoms with van der Waals surface area (Å²) >= 11 is 6.19. The highest BCUT2D eigenvalue weighted by Crippen LogP contribution is 2.29. The van der Waals surface area contributed by atoms with E-state index in [-0.39, 0.29) is 35.7 Å². The van der Waals surface area contributed by atoms with Crippen LogP contribution in [0.15, 0.2) is 42.5 Å². The minimum atomic E-state index is -0.490. The predicted octanol–water partition coefficient (Wildman–Crippen LogP) is 3.04. The van der Waals surface area contributed by atoms with Crippen LogP contribution in [0.5, 0.6) is 5.75 Å². The maximum absolute atomic E-state index is 12.7. The van der Waals surface area contributed by atoms with E-state index in [1.807, 2.05) is 0 Å². The van der Waals surface area contributed by atoms with E-state index in [4.69, 9.17) is 16.3 Å². The molecule has 1 aliphatic rings. The van der Waals surface area contributed by atoms with E-state index >= 15 is 0 Å². The van der Waals surface area contributed by atoms with Gasteiger partial charge in [-0.2, -0.15) is 0 Å². The van der Waals surface area contributed by atoms with E-state index in [9.17, 15) is 14.4 Å². The second kappa shape index (κ2) is 8.53. The number of hydrogen-bond acceptors (Lipinski definition) is 4. The van der Waals surface area contributed by atoms with Crippen LogP contribution in [0.2, 0.25) is 5.02 Å². The van der Waals surface area contributed by atoms with Crippen molar-refractivity contribution in [3.63, 3.8) is 0 Å². The highest BCUT2D eigenvalue weighted by molar-refractivity contribution is 6.34. The van der Waals surface area contributed by atoms with Crippen molar-refractivity contribution in [2.45, 2.75) is 6.42 Å². The molecule has 1 aliphatic heterocycles. The van der Waals surface area contributed by atoms with E-state index < -0.39 is 5.92 Å². The fraction of sp³-hybridized carbons (Fsp3) is 0.286. The molecule has 0 radical (unpaired) electrons. The molecule has 2 aromatic rings. The van der Waals surface area contributed by atoms with Crippen LogP contribution in [0, 0.1) is 5.92 Å². The van der Waals surface area contributed by atoms with Gasteiger partial charge >= 0.3 is 0 Å². The summed E-state index contributed by atoms with van der Waals surface area (Å²) in [6.07, 6.45) is 0.119. The molecule has 2 aromatic carbocycles. The van der Waals surface area contributed by atoms with Crippen molar-refractivity contribution in [2.75, 3.05) is 38.0 Å². The Balaban J connectivity index is 1.69. The van der Waals surface area contributed by atoms with Gasteiger partial charge in [0.25, 0.3) is 5.91 Å². The first-order chi connectivity index (χ1) is 13.8. The fourth-order valence-electron chi connectivity index (χ4n) is 3.16. The van der Waals surface area contributed by atoms with Crippen molar-refractivity contribution >= 4 is 40.7 Å². The van der Waals surface area contributed by atoms with E-state index in [2.05, 4.69) is 5.32 Å². The number of methoxy groups -OCH3 is 1. The van der Waals surface area contributed by atoms with Crippen LogP contribution in [0.25, 0.3) is 0 Å². The Morgan fingerprint density at radius 1 is 1.21 bits per heavy atom. The average Bonchev–Trinajstić information content (AvgIpc) is 3.09. The molecule has 8 heteroatoms. The van der Waals surface area contributed by atoms with Gasteiger partial charge in [0.2, 0.25) is 11.8 Å². The number of carbonyl (C=O) groups is 3. The van der Waals surface area contributed by atoms with Crippen molar-refractivity contribution in [3.05, 3.63) is 53.1 Å². The lowest BCUT2D eigenvalue weighted by molar-refractivity contribution is -0.122. The molecule has 0 saturated carbocycles. The number of carbonyl (C=O) groups excluding carboxylic acids is 3. The number of halogens is 1. The number of anilines is 2. The lowest BCUT2D eigenvalue weighted by atomic mass is 10.1. The molecular formula is C21H22ClN3O4. The number of amides is 3. The van der Waals surface area contributed by atoms with Crippen molar-refractivity contribution in [2.24, 2.45) is 5.92 Å². The normalized spacial score (nSPS) is 15.9. The molecule has 1 fully saturated rings. The number of benzene rings is 2. The summed E-state index contributed by atoms with van der Waals surface area (Å²) in [6.45, 7) is 0.281. The van der Waals surface area contributed by atoms with Crippen LogP contribution in [0.4, 0.5) is 11.4 Å². The van der Waals surface area contributed by atoms with E-state index in [0.717, 1.165) is 0 Å². The van der Waals surface area contributed by atoms with E-state index in [1.54, 1.807) is 62.5 Å². The van der Waals surface area contributed by atoms with Crippen LogP contribution in [0.3, 0.4) is 0 Å². The molecule has 0 aromatic heterocycles. The van der Waals surface area contributed by atoms with Crippen molar-refractivity contribution in [3.8, 4) is 5.75 Å². The number of nitrogens with zero attached hydrogens (tertiary/aromatic N) is 2. The molecule has 3 amide bonds. The summed E-state index contributed by atoms with van der Waals surface area (Å²) in [5.74, 6) is -0.459. The van der Waals surface area contributed by atoms with Crippen LogP contribution >= 0.6 is 11.6 Å². The van der Waals surface area contributed by atoms with Crippen LogP contribution in [-0.4, -0.2) is 50.4 Å². The van der Waals surface area contributed by atoms with E-state index in [0.29, 0.717) is 22.7 Å². The molecule has 1 unspecified atom stereocenters. The highest BCUT2D eigenvalue weighted by Gasteiger charge is 2.35. The third-order valence-electron chi connectivity index (χ3n) is 4.73. The Labute approximate surface area is 174 Å². The first-order valence-corrected chi connectivity index (χ1v) is 9.44. The minimum absolute atomic E-state index is 0.119. The summed E-state index contributed by atoms with van der Waals surface area (Å²) in [6, 6.07) is 11.9. The SMILES string of the molecule is COc1cccc(N2CC(C(=O)Nc3ccc(C(=O)N(C)C)c(Cl)c3)CC2=O)c1. The number of hydrogen-bond donors (Lipinski definition) is 1. The summed E-state index contributed by atoms with van der Waals surface area (Å²) in [5.41, 5.74) is 1.52. The molecular weight excluding hydrogens is 394 g/mol. The van der Waals surface area contributed by atoms with Gasteiger partial charge in [-0.05, 0) is 30.3 Å². The summed E-state index contributed by atoms with van der Waals surface area (Å²) in [4.78, 5) is 40.2. The Kier molecular flexibility index (Phi) is 6.08. The lowest BCUT2D eigenvalue weighted by Crippen LogP contribution is -2.28. The highest BCUT2D eigenvalue weighted by atomic mass is 35.5. The molecule has 0 spiro atoms. The van der Waals surface area contributed by atoms with Gasteiger partial charge < -0.3 is 19.9 Å². The Morgan fingerprint density at radius 2 is 1.97 bits per heavy atom. The van der Waals surface area contributed by atoms with Crippen molar-refractivity contribution in [1.29, 1.82) is 0 Å². The zero-order valence-corrected chi connectivity index (χ0v) is 17.2. The van der Waals surface area contributed by atoms with Gasteiger partial charge in [0.1, 0.15) is 5.75 Å². The summed E-state index contributed by atoms with van der Waals surface area (Å²) < 4.78 is 5.20. The topological polar surface area (TPSA) is 79.0 Å². The molecule has 1 atom stereocenters. The number of rotatable bonds is 5. The van der Waals surface area contributed by atoms with Crippen molar-refractivity contribution in [1.82, 2.24) is 4.90 Å². The molecule has 0 aliphatic carbocycles. The Morgan fingerprint density at radius 3 is 2.62 bits per heavy atom. The van der Waals surface area contributed by atoms with Crippen LogP contribution < -0.4 is 15.0 Å². The standard InChI is InChI=1S/C21H22ClN3O4/c1-24(2)21(28)17-8-7-14(10-18(17)22)23-20(27)13-9-19(26)25(12-13)15-5-4-6-16(11-15)29-3/h4-8,10-11,13H,9,12H2,1-3H3,(H,23,27). The predicted molar refractivity (Wildman–Crippen MR) is 112 cm³/mol. The second-order valence-electron chi connectivity index (χ2n) is 6.99. The number of nitrogens with one attached hydrogen (secondary N) is 1. The van der Waals surface area contributed by atoms with Crippen molar-refractivity contribution < 1.29 is 19.1 Å². The zero-order chi connectivity index (χ0) is 21.1. The van der Waals surface area contributed by atoms with Gasteiger partial charge in [-0.25, -0.2) is 0 Å². The van der Waals surface area contributed by atoms with Gasteiger partial charge in [-0.1, -0.05) is 17.7 Å². The molecule has 3 rings (SSSR count). The molecule has 1 saturated heterocycles. The van der Waals surface area contributed by atoms with Gasteiger partial charge in [-0.3, -0.25) is 14.4 Å². The molecule has 0 bridgehead atoms. The van der Waals surface area contributed by atoms with Crippen LogP contribution in [0.1, 0.15) is 16.8 Å². The quantitative estimate of drug-likeness (QED) is 0.814. The minimum Gasteiger partial charge on any atom is -0.497 e. The number of ether oxygens (including phenoxy) is 1. The zero-order valence-electron chi connectivity index (χ0n) is 16.4. The molecule has 29 heavy (non-hydrogen) atoms. The molecule has 152 valence electrons. The fourth-order valence-corrected chi connectivity index (χ4v) is 3.42. The Bertz CT molecular complexity index is 961. The van der Waals surface area contributed by atoms with Gasteiger partial charge in [0.05, 0.1) is 23.6 Å².